The van der Waals surface area contributed by atoms with Crippen LogP contribution in [-0.4, -0.2) is 27.6 Å². The Bertz CT molecular complexity index is 1020. The number of nitrogens with one attached hydrogen (secondary N) is 2. The Morgan fingerprint density at radius 1 is 1.10 bits per heavy atom. The van der Waals surface area contributed by atoms with E-state index >= 15 is 0 Å². The third kappa shape index (κ3) is 5.45. The molecule has 0 aliphatic rings. The van der Waals surface area contributed by atoms with E-state index in [1.54, 1.807) is 23.0 Å². The van der Waals surface area contributed by atoms with Gasteiger partial charge in [-0.15, -0.1) is 0 Å². The first-order valence-corrected chi connectivity index (χ1v) is 9.85. The van der Waals surface area contributed by atoms with Gasteiger partial charge in [-0.1, -0.05) is 25.4 Å². The molecule has 2 amide bonds. The molecule has 8 heteroatoms. The maximum atomic E-state index is 13.0. The molecule has 0 aliphatic heterocycles. The Kier molecular flexibility index (Phi) is 6.84. The number of halogens is 2. The minimum Gasteiger partial charge on any atom is -0.350 e. The third-order valence-corrected chi connectivity index (χ3v) is 4.79. The Labute approximate surface area is 179 Å². The molecule has 0 fully saturated rings. The molecule has 6 nitrogen and oxygen atoms in total. The van der Waals surface area contributed by atoms with Crippen LogP contribution in [0.15, 0.2) is 60.9 Å². The van der Waals surface area contributed by atoms with Crippen molar-refractivity contribution in [2.24, 2.45) is 5.92 Å². The fourth-order valence-electron chi connectivity index (χ4n) is 2.85. The molecular formula is C22H22ClFN4O2. The molecule has 0 bridgehead atoms. The lowest BCUT2D eigenvalue weighted by Gasteiger charge is -2.21. The van der Waals surface area contributed by atoms with E-state index < -0.39 is 17.8 Å². The molecule has 2 N–H and O–H groups in total. The monoisotopic (exact) mass is 428 g/mol. The van der Waals surface area contributed by atoms with E-state index in [4.69, 9.17) is 11.6 Å². The van der Waals surface area contributed by atoms with Crippen LogP contribution in [0.25, 0.3) is 5.69 Å². The molecular weight excluding hydrogens is 407 g/mol. The molecule has 0 saturated carbocycles. The van der Waals surface area contributed by atoms with Gasteiger partial charge >= 0.3 is 0 Å². The molecule has 3 aromatic rings. The number of carbonyl (C=O) groups excluding carboxylic acids is 2. The van der Waals surface area contributed by atoms with Crippen molar-refractivity contribution in [2.45, 2.75) is 26.4 Å². The lowest BCUT2D eigenvalue weighted by Crippen LogP contribution is -2.49. The van der Waals surface area contributed by atoms with E-state index in [2.05, 4.69) is 15.7 Å². The van der Waals surface area contributed by atoms with Crippen molar-refractivity contribution < 1.29 is 14.0 Å². The van der Waals surface area contributed by atoms with Gasteiger partial charge in [-0.2, -0.15) is 5.10 Å². The summed E-state index contributed by atoms with van der Waals surface area (Å²) in [5.41, 5.74) is 1.95. The molecule has 1 heterocycles. The van der Waals surface area contributed by atoms with Crippen LogP contribution in [0.5, 0.6) is 0 Å². The van der Waals surface area contributed by atoms with Crippen LogP contribution in [0.4, 0.5) is 4.39 Å². The molecule has 3 rings (SSSR count). The zero-order valence-electron chi connectivity index (χ0n) is 16.6. The molecule has 1 aromatic heterocycles. The van der Waals surface area contributed by atoms with Crippen molar-refractivity contribution in [3.8, 4) is 5.69 Å². The first kappa shape index (κ1) is 21.5. The van der Waals surface area contributed by atoms with E-state index in [1.807, 2.05) is 32.2 Å². The molecule has 0 spiro atoms. The van der Waals surface area contributed by atoms with E-state index in [0.29, 0.717) is 10.6 Å². The molecule has 0 saturated heterocycles. The van der Waals surface area contributed by atoms with Crippen molar-refractivity contribution in [1.29, 1.82) is 0 Å². The topological polar surface area (TPSA) is 76.0 Å². The zero-order chi connectivity index (χ0) is 21.7. The van der Waals surface area contributed by atoms with Crippen LogP contribution < -0.4 is 10.6 Å². The van der Waals surface area contributed by atoms with Gasteiger partial charge < -0.3 is 10.6 Å². The maximum absolute atomic E-state index is 13.0. The van der Waals surface area contributed by atoms with E-state index in [0.717, 1.165) is 11.3 Å². The number of hydrogen-bond donors (Lipinski definition) is 2. The van der Waals surface area contributed by atoms with Crippen molar-refractivity contribution >= 4 is 23.4 Å². The van der Waals surface area contributed by atoms with Crippen LogP contribution in [-0.2, 0) is 11.3 Å². The van der Waals surface area contributed by atoms with Gasteiger partial charge in [-0.05, 0) is 54.4 Å². The summed E-state index contributed by atoms with van der Waals surface area (Å²) in [5, 5.41) is 10.5. The van der Waals surface area contributed by atoms with Gasteiger partial charge in [-0.3, -0.25) is 9.59 Å². The quantitative estimate of drug-likeness (QED) is 0.602. The summed E-state index contributed by atoms with van der Waals surface area (Å²) in [7, 11) is 0. The average Bonchev–Trinajstić information content (AvgIpc) is 3.20. The highest BCUT2D eigenvalue weighted by molar-refractivity contribution is 6.30. The second-order valence-corrected chi connectivity index (χ2v) is 7.63. The van der Waals surface area contributed by atoms with E-state index in [9.17, 15) is 14.0 Å². The predicted octanol–water partition coefficient (Wildman–Crippen LogP) is 3.74. The predicted molar refractivity (Wildman–Crippen MR) is 113 cm³/mol. The number of carbonyl (C=O) groups is 2. The number of nitrogens with zero attached hydrogens (tertiary/aromatic N) is 2. The molecule has 0 radical (unpaired) electrons. The molecule has 1 unspecified atom stereocenters. The van der Waals surface area contributed by atoms with Crippen molar-refractivity contribution in [3.63, 3.8) is 0 Å². The van der Waals surface area contributed by atoms with Crippen molar-refractivity contribution in [1.82, 2.24) is 20.4 Å². The minimum atomic E-state index is -0.728. The van der Waals surface area contributed by atoms with Gasteiger partial charge in [0.05, 0.1) is 11.9 Å². The summed E-state index contributed by atoms with van der Waals surface area (Å²) < 4.78 is 14.7. The molecule has 1 atom stereocenters. The minimum absolute atomic E-state index is 0.133. The van der Waals surface area contributed by atoms with E-state index in [1.165, 1.54) is 24.3 Å². The summed E-state index contributed by atoms with van der Waals surface area (Å²) in [5.74, 6) is -1.30. The second-order valence-electron chi connectivity index (χ2n) is 7.19. The Hall–Kier alpha value is -3.19. The largest absolute Gasteiger partial charge is 0.350 e. The summed E-state index contributed by atoms with van der Waals surface area (Å²) in [6.45, 7) is 3.95. The first-order chi connectivity index (χ1) is 14.3. The number of aromatic nitrogens is 2. The third-order valence-electron chi connectivity index (χ3n) is 4.54. The highest BCUT2D eigenvalue weighted by atomic mass is 35.5. The van der Waals surface area contributed by atoms with Crippen molar-refractivity contribution in [2.75, 3.05) is 0 Å². The lowest BCUT2D eigenvalue weighted by molar-refractivity contribution is -0.124. The Morgan fingerprint density at radius 2 is 1.77 bits per heavy atom. The zero-order valence-corrected chi connectivity index (χ0v) is 17.4. The SMILES string of the molecule is CC(C)C(NC(=O)c1ccc(F)cc1)C(=O)NCc1cnn(-c2ccc(Cl)cc2)c1. The van der Waals surface area contributed by atoms with Gasteiger partial charge in [0, 0.05) is 28.9 Å². The van der Waals surface area contributed by atoms with E-state index in [-0.39, 0.29) is 18.4 Å². The number of hydrogen-bond acceptors (Lipinski definition) is 3. The van der Waals surface area contributed by atoms with Gasteiger partial charge in [0.1, 0.15) is 11.9 Å². The van der Waals surface area contributed by atoms with Crippen LogP contribution in [0, 0.1) is 11.7 Å². The Morgan fingerprint density at radius 3 is 2.40 bits per heavy atom. The van der Waals surface area contributed by atoms with Crippen LogP contribution >= 0.6 is 11.6 Å². The smallest absolute Gasteiger partial charge is 0.251 e. The highest BCUT2D eigenvalue weighted by Gasteiger charge is 2.24. The highest BCUT2D eigenvalue weighted by Crippen LogP contribution is 2.13. The van der Waals surface area contributed by atoms with Crippen LogP contribution in [0.2, 0.25) is 5.02 Å². The normalized spacial score (nSPS) is 11.9. The van der Waals surface area contributed by atoms with Crippen molar-refractivity contribution in [3.05, 3.63) is 82.9 Å². The molecule has 0 aliphatic carbocycles. The fraction of sp³-hybridized carbons (Fsp3) is 0.227. The first-order valence-electron chi connectivity index (χ1n) is 9.47. The average molecular weight is 429 g/mol. The van der Waals surface area contributed by atoms with Gasteiger partial charge in [0.15, 0.2) is 0 Å². The molecule has 156 valence electrons. The summed E-state index contributed by atoms with van der Waals surface area (Å²) in [4.78, 5) is 25.1. The summed E-state index contributed by atoms with van der Waals surface area (Å²) in [6.07, 6.45) is 3.47. The number of benzene rings is 2. The van der Waals surface area contributed by atoms with Crippen LogP contribution in [0.3, 0.4) is 0 Å². The summed E-state index contributed by atoms with van der Waals surface area (Å²) in [6, 6.07) is 11.7. The van der Waals surface area contributed by atoms with Gasteiger partial charge in [0.2, 0.25) is 5.91 Å². The fourth-order valence-corrected chi connectivity index (χ4v) is 2.97. The van der Waals surface area contributed by atoms with Crippen LogP contribution in [0.1, 0.15) is 29.8 Å². The molecule has 30 heavy (non-hydrogen) atoms. The second kappa shape index (κ2) is 9.54. The van der Waals surface area contributed by atoms with Gasteiger partial charge in [0.25, 0.3) is 5.91 Å². The standard InChI is InChI=1S/C22H22ClFN4O2/c1-14(2)20(27-21(29)16-3-7-18(24)8-4-16)22(30)25-11-15-12-26-28(13-15)19-9-5-17(23)6-10-19/h3-10,12-14,20H,11H2,1-2H3,(H,25,30)(H,27,29). The number of amides is 2. The molecule has 2 aromatic carbocycles. The summed E-state index contributed by atoms with van der Waals surface area (Å²) >= 11 is 5.90. The Balaban J connectivity index is 1.61. The maximum Gasteiger partial charge on any atom is 0.251 e. The lowest BCUT2D eigenvalue weighted by atomic mass is 10.0. The number of rotatable bonds is 7. The van der Waals surface area contributed by atoms with Gasteiger partial charge in [-0.25, -0.2) is 9.07 Å².